The molecule has 0 radical (unpaired) electrons. The van der Waals surface area contributed by atoms with Crippen LogP contribution in [0, 0.1) is 0 Å². The maximum absolute atomic E-state index is 5.71. The molecule has 0 saturated carbocycles. The van der Waals surface area contributed by atoms with Crippen LogP contribution in [0.4, 0.5) is 0 Å². The van der Waals surface area contributed by atoms with Crippen LogP contribution in [0.3, 0.4) is 0 Å². The molecule has 0 aliphatic rings. The molecule has 0 amide bonds. The van der Waals surface area contributed by atoms with Gasteiger partial charge in [0.15, 0.2) is 0 Å². The Hall–Kier alpha value is -0.380. The van der Waals surface area contributed by atoms with Crippen molar-refractivity contribution in [3.63, 3.8) is 0 Å². The van der Waals surface area contributed by atoms with E-state index in [0.29, 0.717) is 6.04 Å². The van der Waals surface area contributed by atoms with Gasteiger partial charge in [0.2, 0.25) is 0 Å². The summed E-state index contributed by atoms with van der Waals surface area (Å²) >= 11 is 1.90. The van der Waals surface area contributed by atoms with Crippen LogP contribution in [-0.4, -0.2) is 0 Å². The monoisotopic (exact) mass is 296 g/mol. The van der Waals surface area contributed by atoms with Crippen molar-refractivity contribution in [2.75, 3.05) is 0 Å². The van der Waals surface area contributed by atoms with Crippen LogP contribution in [-0.2, 0) is 6.42 Å². The molecule has 1 rings (SSSR count). The van der Waals surface area contributed by atoms with E-state index in [9.17, 15) is 0 Å². The molecule has 116 valence electrons. The van der Waals surface area contributed by atoms with Crippen LogP contribution < -0.4 is 11.3 Å². The van der Waals surface area contributed by atoms with Crippen molar-refractivity contribution in [3.8, 4) is 0 Å². The van der Waals surface area contributed by atoms with E-state index in [1.165, 1.54) is 61.1 Å². The Morgan fingerprint density at radius 2 is 1.65 bits per heavy atom. The van der Waals surface area contributed by atoms with Crippen LogP contribution in [0.15, 0.2) is 12.1 Å². The molecule has 0 bridgehead atoms. The first-order valence-electron chi connectivity index (χ1n) is 8.36. The van der Waals surface area contributed by atoms with Gasteiger partial charge in [0.25, 0.3) is 0 Å². The first kappa shape index (κ1) is 17.7. The summed E-state index contributed by atoms with van der Waals surface area (Å²) in [5.74, 6) is 5.71. The van der Waals surface area contributed by atoms with Gasteiger partial charge in [-0.3, -0.25) is 11.3 Å². The Balaban J connectivity index is 2.12. The summed E-state index contributed by atoms with van der Waals surface area (Å²) in [6, 6.07) is 4.82. The zero-order valence-corrected chi connectivity index (χ0v) is 14.1. The molecular weight excluding hydrogens is 264 g/mol. The molecule has 0 fully saturated rings. The Kier molecular flexibility index (Phi) is 9.98. The summed E-state index contributed by atoms with van der Waals surface area (Å²) in [6.07, 6.45) is 13.3. The molecule has 20 heavy (non-hydrogen) atoms. The first-order chi connectivity index (χ1) is 9.81. The van der Waals surface area contributed by atoms with E-state index in [0.717, 1.165) is 12.8 Å². The second kappa shape index (κ2) is 11.3. The molecule has 2 nitrogen and oxygen atoms in total. The molecule has 0 aliphatic heterocycles. The number of unbranched alkanes of at least 4 members (excludes halogenated alkanes) is 7. The molecule has 1 heterocycles. The SMILES string of the molecule is CCCCCCCCCCC(NN)c1ccc(CC)s1. The highest BCUT2D eigenvalue weighted by atomic mass is 32.1. The third-order valence-corrected chi connectivity index (χ3v) is 5.27. The molecule has 0 spiro atoms. The van der Waals surface area contributed by atoms with Crippen molar-refractivity contribution in [2.24, 2.45) is 5.84 Å². The number of nitrogens with one attached hydrogen (secondary N) is 1. The van der Waals surface area contributed by atoms with Crippen LogP contribution in [0.1, 0.15) is 87.4 Å². The van der Waals surface area contributed by atoms with Crippen LogP contribution in [0.5, 0.6) is 0 Å². The summed E-state index contributed by atoms with van der Waals surface area (Å²) < 4.78 is 0. The van der Waals surface area contributed by atoms with E-state index in [1.807, 2.05) is 11.3 Å². The van der Waals surface area contributed by atoms with E-state index in [-0.39, 0.29) is 0 Å². The molecule has 3 N–H and O–H groups in total. The van der Waals surface area contributed by atoms with Crippen molar-refractivity contribution >= 4 is 11.3 Å². The summed E-state index contributed by atoms with van der Waals surface area (Å²) in [5.41, 5.74) is 2.98. The van der Waals surface area contributed by atoms with Crippen molar-refractivity contribution < 1.29 is 0 Å². The van der Waals surface area contributed by atoms with Crippen LogP contribution >= 0.6 is 11.3 Å². The van der Waals surface area contributed by atoms with Gasteiger partial charge in [0.1, 0.15) is 0 Å². The lowest BCUT2D eigenvalue weighted by Gasteiger charge is -2.13. The lowest BCUT2D eigenvalue weighted by Crippen LogP contribution is -2.27. The number of thiophene rings is 1. The molecule has 1 atom stereocenters. The molecule has 1 aromatic heterocycles. The highest BCUT2D eigenvalue weighted by molar-refractivity contribution is 7.12. The number of hydrogen-bond acceptors (Lipinski definition) is 3. The fraction of sp³-hybridized carbons (Fsp3) is 0.765. The lowest BCUT2D eigenvalue weighted by atomic mass is 10.0. The van der Waals surface area contributed by atoms with E-state index < -0.39 is 0 Å². The highest BCUT2D eigenvalue weighted by Crippen LogP contribution is 2.27. The fourth-order valence-corrected chi connectivity index (χ4v) is 3.61. The van der Waals surface area contributed by atoms with E-state index in [4.69, 9.17) is 5.84 Å². The normalized spacial score (nSPS) is 12.8. The predicted octanol–water partition coefficient (Wildman–Crippen LogP) is 5.35. The number of aryl methyl sites for hydroxylation is 1. The van der Waals surface area contributed by atoms with Gasteiger partial charge in [-0.25, -0.2) is 0 Å². The van der Waals surface area contributed by atoms with Crippen molar-refractivity contribution in [3.05, 3.63) is 21.9 Å². The Bertz CT molecular complexity index is 335. The third-order valence-electron chi connectivity index (χ3n) is 3.92. The van der Waals surface area contributed by atoms with Crippen LogP contribution in [0.25, 0.3) is 0 Å². The molecule has 0 aromatic carbocycles. The van der Waals surface area contributed by atoms with E-state index >= 15 is 0 Å². The lowest BCUT2D eigenvalue weighted by molar-refractivity contribution is 0.480. The molecular formula is C17H32N2S. The zero-order chi connectivity index (χ0) is 14.6. The number of rotatable bonds is 12. The fourth-order valence-electron chi connectivity index (χ4n) is 2.56. The number of hydrazine groups is 1. The first-order valence-corrected chi connectivity index (χ1v) is 9.18. The zero-order valence-electron chi connectivity index (χ0n) is 13.3. The van der Waals surface area contributed by atoms with E-state index in [2.05, 4.69) is 31.4 Å². The third kappa shape index (κ3) is 6.87. The van der Waals surface area contributed by atoms with Gasteiger partial charge in [-0.2, -0.15) is 0 Å². The summed E-state index contributed by atoms with van der Waals surface area (Å²) in [4.78, 5) is 2.85. The standard InChI is InChI=1S/C17H32N2S/c1-3-5-6-7-8-9-10-11-12-16(19-18)17-14-13-15(4-2)20-17/h13-14,16,19H,3-12,18H2,1-2H3. The maximum Gasteiger partial charge on any atom is 0.0553 e. The smallest absolute Gasteiger partial charge is 0.0553 e. The quantitative estimate of drug-likeness (QED) is 0.310. The largest absolute Gasteiger partial charge is 0.271 e. The molecule has 3 heteroatoms. The number of hydrogen-bond donors (Lipinski definition) is 2. The molecule has 0 saturated heterocycles. The van der Waals surface area contributed by atoms with Gasteiger partial charge in [0.05, 0.1) is 6.04 Å². The predicted molar refractivity (Wildman–Crippen MR) is 91.0 cm³/mol. The summed E-state index contributed by atoms with van der Waals surface area (Å²) in [7, 11) is 0. The number of nitrogens with two attached hydrogens (primary N) is 1. The summed E-state index contributed by atoms with van der Waals surface area (Å²) in [6.45, 7) is 4.48. The van der Waals surface area contributed by atoms with Gasteiger partial charge in [0, 0.05) is 9.75 Å². The van der Waals surface area contributed by atoms with Gasteiger partial charge in [-0.1, -0.05) is 65.2 Å². The van der Waals surface area contributed by atoms with Gasteiger partial charge in [-0.05, 0) is 25.0 Å². The second-order valence-electron chi connectivity index (χ2n) is 5.64. The Morgan fingerprint density at radius 3 is 2.20 bits per heavy atom. The average molecular weight is 297 g/mol. The Morgan fingerprint density at radius 1 is 1.00 bits per heavy atom. The Labute approximate surface area is 129 Å². The van der Waals surface area contributed by atoms with Gasteiger partial charge in [-0.15, -0.1) is 11.3 Å². The van der Waals surface area contributed by atoms with E-state index in [1.54, 1.807) is 0 Å². The summed E-state index contributed by atoms with van der Waals surface area (Å²) in [5, 5.41) is 0. The average Bonchev–Trinajstić information content (AvgIpc) is 2.94. The van der Waals surface area contributed by atoms with Gasteiger partial charge >= 0.3 is 0 Å². The minimum atomic E-state index is 0.348. The van der Waals surface area contributed by atoms with Crippen molar-refractivity contribution in [2.45, 2.75) is 84.1 Å². The highest BCUT2D eigenvalue weighted by Gasteiger charge is 2.11. The minimum absolute atomic E-state index is 0.348. The minimum Gasteiger partial charge on any atom is -0.271 e. The molecule has 0 aliphatic carbocycles. The maximum atomic E-state index is 5.71. The van der Waals surface area contributed by atoms with Crippen molar-refractivity contribution in [1.82, 2.24) is 5.43 Å². The van der Waals surface area contributed by atoms with Gasteiger partial charge < -0.3 is 0 Å². The molecule has 1 unspecified atom stereocenters. The second-order valence-corrected chi connectivity index (χ2v) is 6.84. The topological polar surface area (TPSA) is 38.0 Å². The molecule has 1 aromatic rings. The van der Waals surface area contributed by atoms with Crippen LogP contribution in [0.2, 0.25) is 0 Å². The van der Waals surface area contributed by atoms with Crippen molar-refractivity contribution in [1.29, 1.82) is 0 Å².